The van der Waals surface area contributed by atoms with Crippen LogP contribution in [0, 0.1) is 16.7 Å². The Kier molecular flexibility index (Phi) is 5.55. The molecular weight excluding hydrogens is 342 g/mol. The first kappa shape index (κ1) is 18.8. The van der Waals surface area contributed by atoms with Gasteiger partial charge in [-0.1, -0.05) is 30.3 Å². The summed E-state index contributed by atoms with van der Waals surface area (Å²) in [7, 11) is 1.32. The van der Waals surface area contributed by atoms with Crippen LogP contribution in [0.15, 0.2) is 30.3 Å². The minimum atomic E-state index is -1.99. The van der Waals surface area contributed by atoms with Crippen LogP contribution in [0.2, 0.25) is 0 Å². The first-order valence-corrected chi connectivity index (χ1v) is 8.35. The Hall–Kier alpha value is -2.02. The average molecular weight is 363 g/mol. The zero-order valence-corrected chi connectivity index (χ0v) is 14.5. The molecule has 2 fully saturated rings. The van der Waals surface area contributed by atoms with Crippen LogP contribution < -0.4 is 0 Å². The van der Waals surface area contributed by atoms with Crippen molar-refractivity contribution in [3.8, 4) is 6.07 Å². The Morgan fingerprint density at radius 1 is 1.38 bits per heavy atom. The molecule has 8 heteroatoms. The maximum atomic E-state index is 12.7. The molecule has 3 rings (SSSR count). The number of nitriles is 1. The molecule has 6 unspecified atom stereocenters. The lowest BCUT2D eigenvalue weighted by molar-refractivity contribution is -0.359. The van der Waals surface area contributed by atoms with Crippen molar-refractivity contribution >= 4 is 5.97 Å². The fourth-order valence-electron chi connectivity index (χ4n) is 3.30. The van der Waals surface area contributed by atoms with Gasteiger partial charge in [0.25, 0.3) is 0 Å². The minimum absolute atomic E-state index is 0.0590. The summed E-state index contributed by atoms with van der Waals surface area (Å²) in [5.41, 5.74) is -1.26. The lowest BCUT2D eigenvalue weighted by Crippen LogP contribution is -2.68. The third kappa shape index (κ3) is 2.98. The summed E-state index contributed by atoms with van der Waals surface area (Å²) in [5.74, 6) is -0.871. The van der Waals surface area contributed by atoms with Gasteiger partial charge in [0.2, 0.25) is 5.41 Å². The fraction of sp³-hybridized carbons (Fsp3) is 0.556. The van der Waals surface area contributed by atoms with E-state index in [9.17, 15) is 15.2 Å². The van der Waals surface area contributed by atoms with Crippen molar-refractivity contribution in [1.82, 2.24) is 0 Å². The number of esters is 1. The number of hydrogen-bond donors (Lipinski definition) is 1. The normalized spacial score (nSPS) is 36.6. The Morgan fingerprint density at radius 2 is 2.12 bits per heavy atom. The molecule has 0 radical (unpaired) electrons. The molecule has 0 saturated carbocycles. The van der Waals surface area contributed by atoms with Gasteiger partial charge < -0.3 is 28.8 Å². The molecule has 1 aromatic carbocycles. The Labute approximate surface area is 151 Å². The molecule has 0 aromatic heterocycles. The highest BCUT2D eigenvalue weighted by atomic mass is 16.7. The van der Waals surface area contributed by atoms with Gasteiger partial charge in [0.15, 0.2) is 12.6 Å². The second kappa shape index (κ2) is 7.70. The van der Waals surface area contributed by atoms with Crippen molar-refractivity contribution in [2.24, 2.45) is 5.41 Å². The zero-order chi connectivity index (χ0) is 18.7. The lowest BCUT2D eigenvalue weighted by atomic mass is 9.73. The molecule has 2 aliphatic heterocycles. The molecule has 140 valence electrons. The number of fused-ring (bicyclic) bond motifs is 1. The van der Waals surface area contributed by atoms with Crippen LogP contribution in [0.3, 0.4) is 0 Å². The number of benzene rings is 1. The Balaban J connectivity index is 1.98. The summed E-state index contributed by atoms with van der Waals surface area (Å²) in [6, 6.07) is 11.0. The topological polar surface area (TPSA) is 107 Å². The summed E-state index contributed by atoms with van der Waals surface area (Å²) in [5, 5.41) is 20.6. The van der Waals surface area contributed by atoms with Crippen LogP contribution in [0.4, 0.5) is 0 Å². The fourth-order valence-corrected chi connectivity index (χ4v) is 3.30. The van der Waals surface area contributed by atoms with Crippen LogP contribution in [0.1, 0.15) is 18.8 Å². The standard InChI is InChI=1S/C18H21NO7/c1-3-23-17(21)18(10-19)13(20)16(22-2)25-12-9-24-15(26-14(12)18)11-7-5-4-6-8-11/h4-8,12-16,20H,3,9H2,1-2H3. The summed E-state index contributed by atoms with van der Waals surface area (Å²) < 4.78 is 27.4. The maximum Gasteiger partial charge on any atom is 0.332 e. The van der Waals surface area contributed by atoms with Gasteiger partial charge in [-0.2, -0.15) is 5.26 Å². The van der Waals surface area contributed by atoms with E-state index in [0.717, 1.165) is 5.56 Å². The van der Waals surface area contributed by atoms with E-state index in [4.69, 9.17) is 23.7 Å². The molecule has 0 amide bonds. The van der Waals surface area contributed by atoms with Crippen molar-refractivity contribution in [3.05, 3.63) is 35.9 Å². The van der Waals surface area contributed by atoms with Crippen LogP contribution >= 0.6 is 0 Å². The molecule has 0 aliphatic carbocycles. The number of aliphatic hydroxyl groups is 1. The van der Waals surface area contributed by atoms with Crippen molar-refractivity contribution in [2.75, 3.05) is 20.3 Å². The van der Waals surface area contributed by atoms with Gasteiger partial charge in [-0.15, -0.1) is 0 Å². The second-order valence-corrected chi connectivity index (χ2v) is 6.06. The van der Waals surface area contributed by atoms with E-state index in [1.54, 1.807) is 6.92 Å². The lowest BCUT2D eigenvalue weighted by Gasteiger charge is -2.50. The highest BCUT2D eigenvalue weighted by Gasteiger charge is 2.65. The third-order valence-corrected chi connectivity index (χ3v) is 4.60. The first-order valence-electron chi connectivity index (χ1n) is 8.35. The molecule has 8 nitrogen and oxygen atoms in total. The number of nitrogens with zero attached hydrogens (tertiary/aromatic N) is 1. The van der Waals surface area contributed by atoms with Crippen LogP contribution in [-0.4, -0.2) is 56.0 Å². The molecule has 1 N–H and O–H groups in total. The van der Waals surface area contributed by atoms with E-state index in [-0.39, 0.29) is 13.2 Å². The smallest absolute Gasteiger partial charge is 0.332 e. The summed E-state index contributed by atoms with van der Waals surface area (Å²) in [6.45, 7) is 1.75. The SMILES string of the molecule is CCOC(=O)C1(C#N)C(O)C(OC)OC2COC(c3ccccc3)OC21. The Bertz CT molecular complexity index is 676. The molecule has 0 spiro atoms. The summed E-state index contributed by atoms with van der Waals surface area (Å²) >= 11 is 0. The van der Waals surface area contributed by atoms with Gasteiger partial charge in [-0.05, 0) is 6.92 Å². The number of carbonyl (C=O) groups is 1. The number of methoxy groups -OCH3 is 1. The monoisotopic (exact) mass is 363 g/mol. The number of hydrogen-bond acceptors (Lipinski definition) is 8. The van der Waals surface area contributed by atoms with Gasteiger partial charge in [-0.25, -0.2) is 0 Å². The predicted molar refractivity (Wildman–Crippen MR) is 86.4 cm³/mol. The van der Waals surface area contributed by atoms with Crippen molar-refractivity contribution in [3.63, 3.8) is 0 Å². The summed E-state index contributed by atoms with van der Waals surface area (Å²) in [4.78, 5) is 12.7. The number of rotatable bonds is 4. The molecule has 0 bridgehead atoms. The average Bonchev–Trinajstić information content (AvgIpc) is 2.68. The number of carbonyl (C=O) groups excluding carboxylic acids is 1. The van der Waals surface area contributed by atoms with E-state index in [1.165, 1.54) is 7.11 Å². The van der Waals surface area contributed by atoms with Gasteiger partial charge in [0.05, 0.1) is 19.3 Å². The third-order valence-electron chi connectivity index (χ3n) is 4.60. The molecule has 2 saturated heterocycles. The zero-order valence-electron chi connectivity index (χ0n) is 14.5. The minimum Gasteiger partial charge on any atom is -0.465 e. The molecule has 6 atom stereocenters. The molecule has 2 heterocycles. The molecular formula is C18H21NO7. The van der Waals surface area contributed by atoms with Gasteiger partial charge in [0, 0.05) is 12.7 Å². The van der Waals surface area contributed by atoms with Crippen molar-refractivity contribution in [1.29, 1.82) is 5.26 Å². The van der Waals surface area contributed by atoms with Gasteiger partial charge in [0.1, 0.15) is 18.3 Å². The highest BCUT2D eigenvalue weighted by molar-refractivity contribution is 5.82. The van der Waals surface area contributed by atoms with E-state index in [0.29, 0.717) is 0 Å². The van der Waals surface area contributed by atoms with E-state index in [1.807, 2.05) is 36.4 Å². The molecule has 2 aliphatic rings. The van der Waals surface area contributed by atoms with Crippen LogP contribution in [-0.2, 0) is 28.5 Å². The maximum absolute atomic E-state index is 12.7. The van der Waals surface area contributed by atoms with E-state index in [2.05, 4.69) is 0 Å². The first-order chi connectivity index (χ1) is 12.6. The van der Waals surface area contributed by atoms with Crippen LogP contribution in [0.5, 0.6) is 0 Å². The quantitative estimate of drug-likeness (QED) is 0.787. The highest BCUT2D eigenvalue weighted by Crippen LogP contribution is 2.45. The van der Waals surface area contributed by atoms with E-state index >= 15 is 0 Å². The largest absolute Gasteiger partial charge is 0.465 e. The number of ether oxygens (including phenoxy) is 5. The Morgan fingerprint density at radius 3 is 2.73 bits per heavy atom. The van der Waals surface area contributed by atoms with Crippen molar-refractivity contribution in [2.45, 2.75) is 37.8 Å². The van der Waals surface area contributed by atoms with Gasteiger partial charge in [-0.3, -0.25) is 4.79 Å². The van der Waals surface area contributed by atoms with Crippen molar-refractivity contribution < 1.29 is 33.6 Å². The molecule has 1 aromatic rings. The summed E-state index contributed by atoms with van der Waals surface area (Å²) in [6.07, 6.45) is -5.40. The number of aliphatic hydroxyl groups excluding tert-OH is 1. The van der Waals surface area contributed by atoms with Gasteiger partial charge >= 0.3 is 5.97 Å². The molecule has 26 heavy (non-hydrogen) atoms. The van der Waals surface area contributed by atoms with Crippen LogP contribution in [0.25, 0.3) is 0 Å². The second-order valence-electron chi connectivity index (χ2n) is 6.06. The van der Waals surface area contributed by atoms with E-state index < -0.39 is 42.3 Å². The predicted octanol–water partition coefficient (Wildman–Crippen LogP) is 0.906.